The van der Waals surface area contributed by atoms with Crippen LogP contribution in [-0.2, 0) is 9.59 Å². The lowest BCUT2D eigenvalue weighted by Gasteiger charge is -2.42. The summed E-state index contributed by atoms with van der Waals surface area (Å²) < 4.78 is 0. The van der Waals surface area contributed by atoms with E-state index in [0.717, 1.165) is 29.8 Å². The molecule has 3 rings (SSSR count). The number of amides is 4. The minimum absolute atomic E-state index is 0.223. The Morgan fingerprint density at radius 3 is 2.34 bits per heavy atom. The van der Waals surface area contributed by atoms with Gasteiger partial charge in [-0.05, 0) is 56.1 Å². The van der Waals surface area contributed by atoms with Gasteiger partial charge < -0.3 is 10.2 Å². The van der Waals surface area contributed by atoms with Gasteiger partial charge in [-0.1, -0.05) is 45.4 Å². The van der Waals surface area contributed by atoms with Crippen LogP contribution in [0, 0.1) is 11.3 Å². The summed E-state index contributed by atoms with van der Waals surface area (Å²) in [6, 6.07) is 8.88. The van der Waals surface area contributed by atoms with Gasteiger partial charge in [0.15, 0.2) is 0 Å². The van der Waals surface area contributed by atoms with E-state index in [2.05, 4.69) is 26.1 Å². The standard InChI is InChI=1S/C23H33N3O3/c1-5-22(3,4)17-12-14-23(15-13-17)20(28)26(21(29)24-23)16-19(27)25(6-2)18-10-8-7-9-11-18/h7-11,17H,5-6,12-16H2,1-4H3,(H,24,29). The highest BCUT2D eigenvalue weighted by molar-refractivity contribution is 6.10. The molecule has 1 aliphatic carbocycles. The summed E-state index contributed by atoms with van der Waals surface area (Å²) in [6.45, 7) is 8.89. The molecule has 0 atom stereocenters. The van der Waals surface area contributed by atoms with Crippen LogP contribution >= 0.6 is 0 Å². The summed E-state index contributed by atoms with van der Waals surface area (Å²) in [5.74, 6) is 0.0555. The Hall–Kier alpha value is -2.37. The second kappa shape index (κ2) is 8.17. The lowest BCUT2D eigenvalue weighted by molar-refractivity contribution is -0.135. The van der Waals surface area contributed by atoms with Gasteiger partial charge in [0.2, 0.25) is 5.91 Å². The molecule has 0 bridgehead atoms. The van der Waals surface area contributed by atoms with Crippen molar-refractivity contribution in [1.29, 1.82) is 0 Å². The number of hydrogen-bond donors (Lipinski definition) is 1. The van der Waals surface area contributed by atoms with Gasteiger partial charge in [-0.2, -0.15) is 0 Å². The molecule has 1 aromatic rings. The average Bonchev–Trinajstić information content (AvgIpc) is 2.94. The molecule has 0 radical (unpaired) electrons. The third-order valence-corrected chi connectivity index (χ3v) is 7.08. The number of carbonyl (C=O) groups excluding carboxylic acids is 3. The smallest absolute Gasteiger partial charge is 0.323 e. The number of hydrogen-bond acceptors (Lipinski definition) is 3. The van der Waals surface area contributed by atoms with Crippen molar-refractivity contribution in [3.05, 3.63) is 30.3 Å². The van der Waals surface area contributed by atoms with E-state index in [1.807, 2.05) is 37.3 Å². The molecule has 158 valence electrons. The zero-order chi connectivity index (χ0) is 21.2. The largest absolute Gasteiger partial charge is 0.325 e. The highest BCUT2D eigenvalue weighted by atomic mass is 16.2. The number of urea groups is 1. The van der Waals surface area contributed by atoms with E-state index in [0.29, 0.717) is 25.3 Å². The topological polar surface area (TPSA) is 69.7 Å². The molecule has 1 saturated heterocycles. The molecule has 1 aliphatic heterocycles. The number of para-hydroxylation sites is 1. The average molecular weight is 400 g/mol. The van der Waals surface area contributed by atoms with Gasteiger partial charge in [-0.25, -0.2) is 4.79 Å². The van der Waals surface area contributed by atoms with Crippen LogP contribution in [0.1, 0.15) is 59.8 Å². The fourth-order valence-corrected chi connectivity index (χ4v) is 4.67. The molecule has 4 amide bonds. The lowest BCUT2D eigenvalue weighted by Crippen LogP contribution is -2.51. The Labute approximate surface area is 173 Å². The van der Waals surface area contributed by atoms with E-state index >= 15 is 0 Å². The SMILES string of the molecule is CCN(C(=O)CN1C(=O)NC2(CCC(C(C)(C)CC)CC2)C1=O)c1ccccc1. The van der Waals surface area contributed by atoms with Crippen molar-refractivity contribution in [2.24, 2.45) is 11.3 Å². The first-order valence-electron chi connectivity index (χ1n) is 10.7. The van der Waals surface area contributed by atoms with Crippen LogP contribution in [0.15, 0.2) is 30.3 Å². The molecular formula is C23H33N3O3. The van der Waals surface area contributed by atoms with E-state index in [1.54, 1.807) is 4.90 Å². The summed E-state index contributed by atoms with van der Waals surface area (Å²) in [5, 5.41) is 2.93. The van der Waals surface area contributed by atoms with Crippen LogP contribution in [-0.4, -0.2) is 41.4 Å². The number of nitrogens with zero attached hydrogens (tertiary/aromatic N) is 2. The minimum Gasteiger partial charge on any atom is -0.323 e. The number of rotatable bonds is 6. The van der Waals surface area contributed by atoms with Crippen LogP contribution in [0.4, 0.5) is 10.5 Å². The molecule has 1 spiro atoms. The number of likely N-dealkylation sites (N-methyl/N-ethyl adjacent to an activating group) is 1. The number of benzene rings is 1. The van der Waals surface area contributed by atoms with Gasteiger partial charge in [0, 0.05) is 12.2 Å². The highest BCUT2D eigenvalue weighted by Gasteiger charge is 2.53. The predicted molar refractivity (Wildman–Crippen MR) is 113 cm³/mol. The van der Waals surface area contributed by atoms with E-state index in [4.69, 9.17) is 0 Å². The summed E-state index contributed by atoms with van der Waals surface area (Å²) >= 11 is 0. The molecule has 1 N–H and O–H groups in total. The minimum atomic E-state index is -0.832. The number of nitrogens with one attached hydrogen (secondary N) is 1. The molecule has 6 nitrogen and oxygen atoms in total. The first kappa shape index (κ1) is 21.3. The third kappa shape index (κ3) is 4.02. The predicted octanol–water partition coefficient (Wildman–Crippen LogP) is 3.96. The van der Waals surface area contributed by atoms with E-state index < -0.39 is 11.6 Å². The zero-order valence-corrected chi connectivity index (χ0v) is 18.0. The molecule has 1 heterocycles. The normalized spacial score (nSPS) is 24.7. The Morgan fingerprint density at radius 1 is 1.17 bits per heavy atom. The maximum absolute atomic E-state index is 13.2. The monoisotopic (exact) mass is 399 g/mol. The number of anilines is 1. The Bertz CT molecular complexity index is 767. The lowest BCUT2D eigenvalue weighted by atomic mass is 9.65. The van der Waals surface area contributed by atoms with Crippen molar-refractivity contribution in [3.63, 3.8) is 0 Å². The van der Waals surface area contributed by atoms with Crippen molar-refractivity contribution >= 4 is 23.5 Å². The highest BCUT2D eigenvalue weighted by Crippen LogP contribution is 2.45. The summed E-state index contributed by atoms with van der Waals surface area (Å²) in [5.41, 5.74) is 0.172. The molecule has 0 aromatic heterocycles. The fourth-order valence-electron chi connectivity index (χ4n) is 4.67. The van der Waals surface area contributed by atoms with Crippen molar-refractivity contribution in [2.75, 3.05) is 18.0 Å². The Morgan fingerprint density at radius 2 is 1.79 bits per heavy atom. The fraction of sp³-hybridized carbons (Fsp3) is 0.609. The van der Waals surface area contributed by atoms with Gasteiger partial charge in [0.25, 0.3) is 5.91 Å². The van der Waals surface area contributed by atoms with Crippen LogP contribution in [0.5, 0.6) is 0 Å². The molecule has 6 heteroatoms. The second-order valence-electron chi connectivity index (χ2n) is 8.99. The molecule has 29 heavy (non-hydrogen) atoms. The molecule has 1 saturated carbocycles. The molecular weight excluding hydrogens is 366 g/mol. The van der Waals surface area contributed by atoms with Crippen molar-refractivity contribution in [2.45, 2.75) is 65.3 Å². The Kier molecular flexibility index (Phi) is 6.01. The van der Waals surface area contributed by atoms with Gasteiger partial charge in [0.05, 0.1) is 0 Å². The van der Waals surface area contributed by atoms with Gasteiger partial charge >= 0.3 is 6.03 Å². The Balaban J connectivity index is 1.69. The van der Waals surface area contributed by atoms with Crippen LogP contribution in [0.2, 0.25) is 0 Å². The van der Waals surface area contributed by atoms with Gasteiger partial charge in [-0.15, -0.1) is 0 Å². The first-order chi connectivity index (χ1) is 13.7. The maximum Gasteiger partial charge on any atom is 0.325 e. The third-order valence-electron chi connectivity index (χ3n) is 7.08. The summed E-state index contributed by atoms with van der Waals surface area (Å²) in [6.07, 6.45) is 4.22. The molecule has 2 fully saturated rings. The first-order valence-corrected chi connectivity index (χ1v) is 10.7. The van der Waals surface area contributed by atoms with Crippen molar-refractivity contribution in [3.8, 4) is 0 Å². The van der Waals surface area contributed by atoms with Crippen LogP contribution in [0.25, 0.3) is 0 Å². The summed E-state index contributed by atoms with van der Waals surface area (Å²) in [7, 11) is 0. The van der Waals surface area contributed by atoms with Gasteiger partial charge in [0.1, 0.15) is 12.1 Å². The number of carbonyl (C=O) groups is 3. The van der Waals surface area contributed by atoms with E-state index in [9.17, 15) is 14.4 Å². The van der Waals surface area contributed by atoms with E-state index in [1.165, 1.54) is 0 Å². The van der Waals surface area contributed by atoms with Crippen molar-refractivity contribution in [1.82, 2.24) is 10.2 Å². The molecule has 1 aromatic carbocycles. The summed E-state index contributed by atoms with van der Waals surface area (Å²) in [4.78, 5) is 41.4. The second-order valence-corrected chi connectivity index (χ2v) is 8.99. The maximum atomic E-state index is 13.2. The van der Waals surface area contributed by atoms with Crippen molar-refractivity contribution < 1.29 is 14.4 Å². The zero-order valence-electron chi connectivity index (χ0n) is 18.0. The number of imide groups is 1. The molecule has 0 unspecified atom stereocenters. The molecule has 2 aliphatic rings. The van der Waals surface area contributed by atoms with Crippen LogP contribution in [0.3, 0.4) is 0 Å². The van der Waals surface area contributed by atoms with E-state index in [-0.39, 0.29) is 23.8 Å². The van der Waals surface area contributed by atoms with Gasteiger partial charge in [-0.3, -0.25) is 14.5 Å². The quantitative estimate of drug-likeness (QED) is 0.736. The van der Waals surface area contributed by atoms with Crippen LogP contribution < -0.4 is 10.2 Å².